The Labute approximate surface area is 197 Å². The molecule has 4 rings (SSSR count). The number of pyridine rings is 1. The second-order valence-electron chi connectivity index (χ2n) is 8.38. The number of hydrogen-bond donors (Lipinski definition) is 2. The Hall–Kier alpha value is -3.65. The third-order valence-electron chi connectivity index (χ3n) is 5.56. The quantitative estimate of drug-likeness (QED) is 0.248. The van der Waals surface area contributed by atoms with Gasteiger partial charge < -0.3 is 11.1 Å². The number of benzene rings is 3. The highest BCUT2D eigenvalue weighted by Gasteiger charge is 2.20. The fourth-order valence-corrected chi connectivity index (χ4v) is 5.05. The molecule has 0 aliphatic carbocycles. The van der Waals surface area contributed by atoms with Gasteiger partial charge >= 0.3 is 0 Å². The maximum absolute atomic E-state index is 13.7. The molecule has 0 aliphatic heterocycles. The average Bonchev–Trinajstić information content (AvgIpc) is 2.79. The lowest BCUT2D eigenvalue weighted by atomic mass is 9.91. The molecular weight excluding hydrogens is 454 g/mol. The van der Waals surface area contributed by atoms with Gasteiger partial charge in [0.2, 0.25) is 0 Å². The minimum atomic E-state index is -2.97. The lowest BCUT2D eigenvalue weighted by molar-refractivity contribution is 0.626. The number of rotatable bonds is 5. The Morgan fingerprint density at radius 1 is 1.00 bits per heavy atom. The van der Waals surface area contributed by atoms with Crippen LogP contribution >= 0.6 is 0 Å². The molecule has 0 radical (unpaired) electrons. The van der Waals surface area contributed by atoms with Gasteiger partial charge in [0.15, 0.2) is 5.82 Å². The summed E-state index contributed by atoms with van der Waals surface area (Å²) >= 11 is 0. The van der Waals surface area contributed by atoms with Crippen LogP contribution in [0.3, 0.4) is 0 Å². The summed E-state index contributed by atoms with van der Waals surface area (Å²) in [5.74, 6) is -0.587. The van der Waals surface area contributed by atoms with Gasteiger partial charge in [-0.05, 0) is 65.4 Å². The van der Waals surface area contributed by atoms with E-state index < -0.39 is 15.5 Å². The number of nitrogens with two attached hydrogens (primary N) is 1. The monoisotopic (exact) mass is 478 g/mol. The van der Waals surface area contributed by atoms with Gasteiger partial charge in [0.25, 0.3) is 0 Å². The van der Waals surface area contributed by atoms with Crippen molar-refractivity contribution in [3.05, 3.63) is 83.6 Å². The highest BCUT2D eigenvalue weighted by atomic mass is 32.2. The first-order valence-electron chi connectivity index (χ1n) is 10.6. The van der Waals surface area contributed by atoms with Crippen LogP contribution in [0.5, 0.6) is 0 Å². The minimum Gasteiger partial charge on any atom is -0.398 e. The van der Waals surface area contributed by atoms with Crippen LogP contribution in [0.15, 0.2) is 69.9 Å². The summed E-state index contributed by atoms with van der Waals surface area (Å²) in [4.78, 5) is 5.17. The molecule has 1 unspecified atom stereocenters. The zero-order valence-corrected chi connectivity index (χ0v) is 19.8. The van der Waals surface area contributed by atoms with Crippen LogP contribution in [0, 0.1) is 17.0 Å². The number of nitrogen functional groups attached to an aromatic ring is 1. The molecule has 1 heterocycles. The zero-order chi connectivity index (χ0) is 24.6. The summed E-state index contributed by atoms with van der Waals surface area (Å²) in [6, 6.07) is 14.9. The largest absolute Gasteiger partial charge is 0.398 e. The van der Waals surface area contributed by atoms with Crippen LogP contribution in [0.4, 0.5) is 20.3 Å². The van der Waals surface area contributed by atoms with Gasteiger partial charge in [-0.2, -0.15) is 4.36 Å². The summed E-state index contributed by atoms with van der Waals surface area (Å²) in [6.45, 7) is 3.95. The van der Waals surface area contributed by atoms with Crippen LogP contribution in [0.2, 0.25) is 0 Å². The van der Waals surface area contributed by atoms with Gasteiger partial charge in [-0.25, -0.2) is 18.0 Å². The van der Waals surface area contributed by atoms with Crippen molar-refractivity contribution < 1.29 is 13.0 Å². The number of hydrogen-bond acceptors (Lipinski definition) is 5. The van der Waals surface area contributed by atoms with Crippen molar-refractivity contribution in [1.29, 1.82) is 5.41 Å². The van der Waals surface area contributed by atoms with E-state index in [1.807, 2.05) is 13.8 Å². The summed E-state index contributed by atoms with van der Waals surface area (Å²) in [7, 11) is -2.97. The molecule has 3 N–H and O–H groups in total. The van der Waals surface area contributed by atoms with Crippen molar-refractivity contribution in [3.8, 4) is 11.1 Å². The first-order chi connectivity index (χ1) is 16.1. The molecule has 3 aromatic carbocycles. The molecule has 1 aromatic heterocycles. The van der Waals surface area contributed by atoms with Gasteiger partial charge in [0.1, 0.15) is 11.6 Å². The second-order valence-corrected chi connectivity index (χ2v) is 10.6. The van der Waals surface area contributed by atoms with Crippen molar-refractivity contribution in [1.82, 2.24) is 4.98 Å². The van der Waals surface area contributed by atoms with Crippen molar-refractivity contribution in [3.63, 3.8) is 0 Å². The van der Waals surface area contributed by atoms with E-state index in [0.29, 0.717) is 32.6 Å². The normalized spacial score (nSPS) is 13.1. The van der Waals surface area contributed by atoms with E-state index in [9.17, 15) is 13.0 Å². The Bertz CT molecular complexity index is 1520. The summed E-state index contributed by atoms with van der Waals surface area (Å²) in [5, 5.41) is 9.03. The third-order valence-corrected chi connectivity index (χ3v) is 7.23. The number of fused-ring (bicyclic) bond motifs is 1. The van der Waals surface area contributed by atoms with E-state index in [-0.39, 0.29) is 17.6 Å². The summed E-state index contributed by atoms with van der Waals surface area (Å²) in [5.41, 5.74) is 9.26. The van der Waals surface area contributed by atoms with E-state index in [4.69, 9.17) is 16.1 Å². The number of nitrogens with one attached hydrogen (secondary N) is 1. The fourth-order valence-electron chi connectivity index (χ4n) is 3.83. The third kappa shape index (κ3) is 4.41. The molecule has 1 atom stereocenters. The van der Waals surface area contributed by atoms with Crippen LogP contribution in [0.25, 0.3) is 21.9 Å². The van der Waals surface area contributed by atoms with Crippen molar-refractivity contribution in [2.24, 2.45) is 4.36 Å². The molecule has 0 saturated carbocycles. The van der Waals surface area contributed by atoms with Crippen molar-refractivity contribution >= 4 is 38.2 Å². The zero-order valence-electron chi connectivity index (χ0n) is 19.0. The fraction of sp³-hybridized carbons (Fsp3) is 0.154. The van der Waals surface area contributed by atoms with Gasteiger partial charge in [-0.3, -0.25) is 0 Å². The highest BCUT2D eigenvalue weighted by molar-refractivity contribution is 7.93. The summed E-state index contributed by atoms with van der Waals surface area (Å²) < 4.78 is 45.1. The molecule has 0 fully saturated rings. The highest BCUT2D eigenvalue weighted by Crippen LogP contribution is 2.41. The lowest BCUT2D eigenvalue weighted by Gasteiger charge is -2.18. The van der Waals surface area contributed by atoms with E-state index in [0.717, 1.165) is 17.3 Å². The predicted molar refractivity (Wildman–Crippen MR) is 134 cm³/mol. The number of nitrogens with zero attached hydrogens (tertiary/aromatic N) is 2. The molecule has 8 heteroatoms. The first-order valence-corrected chi connectivity index (χ1v) is 12.5. The van der Waals surface area contributed by atoms with E-state index in [2.05, 4.69) is 4.36 Å². The van der Waals surface area contributed by atoms with Gasteiger partial charge in [-0.15, -0.1) is 0 Å². The van der Waals surface area contributed by atoms with E-state index in [1.54, 1.807) is 24.3 Å². The van der Waals surface area contributed by atoms with E-state index in [1.165, 1.54) is 42.7 Å². The van der Waals surface area contributed by atoms with Crippen LogP contribution in [-0.2, 0) is 9.73 Å². The van der Waals surface area contributed by atoms with Gasteiger partial charge in [-0.1, -0.05) is 26.0 Å². The van der Waals surface area contributed by atoms with E-state index >= 15 is 0 Å². The second kappa shape index (κ2) is 8.95. The smallest absolute Gasteiger partial charge is 0.170 e. The molecule has 0 aliphatic rings. The van der Waals surface area contributed by atoms with Crippen LogP contribution < -0.4 is 5.73 Å². The Kier molecular flexibility index (Phi) is 6.18. The molecule has 5 nitrogen and oxygen atoms in total. The molecule has 34 heavy (non-hydrogen) atoms. The molecule has 0 spiro atoms. The lowest BCUT2D eigenvalue weighted by Crippen LogP contribution is -2.03. The van der Waals surface area contributed by atoms with Crippen LogP contribution in [-0.4, -0.2) is 21.7 Å². The van der Waals surface area contributed by atoms with Gasteiger partial charge in [0, 0.05) is 39.6 Å². The molecule has 0 amide bonds. The number of aromatic nitrogens is 1. The predicted octanol–water partition coefficient (Wildman–Crippen LogP) is 6.67. The van der Waals surface area contributed by atoms with Gasteiger partial charge in [0.05, 0.1) is 15.4 Å². The maximum atomic E-state index is 13.7. The molecule has 4 aromatic rings. The first kappa shape index (κ1) is 23.5. The maximum Gasteiger partial charge on any atom is 0.170 e. The Morgan fingerprint density at radius 2 is 1.59 bits per heavy atom. The topological polar surface area (TPSA) is 92.2 Å². The minimum absolute atomic E-state index is 0.0434. The van der Waals surface area contributed by atoms with Crippen molar-refractivity contribution in [2.75, 3.05) is 12.0 Å². The number of halogens is 2. The Morgan fingerprint density at radius 3 is 2.15 bits per heavy atom. The Balaban J connectivity index is 2.12. The van der Waals surface area contributed by atoms with Crippen LogP contribution in [0.1, 0.15) is 31.0 Å². The van der Waals surface area contributed by atoms with Crippen molar-refractivity contribution in [2.45, 2.75) is 24.7 Å². The molecule has 0 saturated heterocycles. The molecule has 174 valence electrons. The average molecular weight is 479 g/mol. The number of anilines is 1. The summed E-state index contributed by atoms with van der Waals surface area (Å²) in [6.07, 6.45) is 2.64. The molecular formula is C26H24F2N4OS. The standard InChI is InChI=1S/C26H24F2N4OS/c1-15(2)25-24(16-4-6-18(27)7-5-16)21-12-17(14-29)23(30)13-22(21)26(31-25)32-34(3,33)20-10-8-19(28)9-11-20/h4-15,29H,30H2,1-3H3. The molecule has 0 bridgehead atoms. The SMILES string of the molecule is CC(C)c1nc(N=S(C)(=O)c2ccc(F)cc2)c2cc(N)c(C=N)cc2c1-c1ccc(F)cc1.